The summed E-state index contributed by atoms with van der Waals surface area (Å²) in [7, 11) is -5.26. The van der Waals surface area contributed by atoms with Crippen LogP contribution in [0.1, 0.15) is 25.7 Å². The summed E-state index contributed by atoms with van der Waals surface area (Å²) >= 11 is 0. The first-order valence-electron chi connectivity index (χ1n) is 8.16. The molecule has 0 fully saturated rings. The van der Waals surface area contributed by atoms with Crippen molar-refractivity contribution in [3.8, 4) is 0 Å². The third-order valence-electron chi connectivity index (χ3n) is 3.42. The van der Waals surface area contributed by atoms with Crippen molar-refractivity contribution in [3.63, 3.8) is 0 Å². The van der Waals surface area contributed by atoms with Crippen LogP contribution in [0.5, 0.6) is 0 Å². The van der Waals surface area contributed by atoms with E-state index in [-0.39, 0.29) is 0 Å². The second kappa shape index (κ2) is 9.25. The van der Waals surface area contributed by atoms with Crippen LogP contribution in [0.3, 0.4) is 0 Å². The van der Waals surface area contributed by atoms with Crippen LogP contribution in [0.4, 0.5) is 0 Å². The van der Waals surface area contributed by atoms with Crippen molar-refractivity contribution >= 4 is 25.2 Å². The fraction of sp³-hybridized carbons (Fsp3) is 0.750. The Labute approximate surface area is 136 Å². The average molecular weight is 345 g/mol. The molecule has 124 valence electrons. The van der Waals surface area contributed by atoms with Gasteiger partial charge in [0.05, 0.1) is 0 Å². The van der Waals surface area contributed by atoms with Crippen LogP contribution >= 0.6 is 0 Å². The van der Waals surface area contributed by atoms with Crippen LogP contribution in [-0.2, 0) is 8.23 Å². The monoisotopic (exact) mass is 344 g/mol. The van der Waals surface area contributed by atoms with Gasteiger partial charge in [0.25, 0.3) is 0 Å². The van der Waals surface area contributed by atoms with Gasteiger partial charge < -0.3 is 8.23 Å². The highest BCUT2D eigenvalue weighted by molar-refractivity contribution is 6.87. The molecule has 0 unspecified atom stereocenters. The molecular formula is C16H36O2Si3. The Morgan fingerprint density at radius 3 is 1.33 bits per heavy atom. The van der Waals surface area contributed by atoms with Gasteiger partial charge in [-0.3, -0.25) is 0 Å². The van der Waals surface area contributed by atoms with E-state index >= 15 is 0 Å². The number of allylic oxidation sites excluding steroid dienone is 2. The third-order valence-corrected chi connectivity index (χ3v) is 14.9. The average Bonchev–Trinajstić information content (AvgIpc) is 2.25. The van der Waals surface area contributed by atoms with Gasteiger partial charge >= 0.3 is 8.56 Å². The van der Waals surface area contributed by atoms with E-state index in [0.29, 0.717) is 0 Å². The van der Waals surface area contributed by atoms with E-state index in [1.54, 1.807) is 0 Å². The molecule has 0 bridgehead atoms. The molecule has 0 radical (unpaired) electrons. The van der Waals surface area contributed by atoms with Crippen LogP contribution < -0.4 is 0 Å². The Bertz CT molecular complexity index is 295. The van der Waals surface area contributed by atoms with E-state index in [0.717, 1.165) is 12.8 Å². The van der Waals surface area contributed by atoms with E-state index in [1.807, 2.05) is 12.2 Å². The Hall–Kier alpha value is 0.0506. The van der Waals surface area contributed by atoms with Gasteiger partial charge in [0.15, 0.2) is 16.6 Å². The van der Waals surface area contributed by atoms with Crippen LogP contribution in [0.25, 0.3) is 0 Å². The van der Waals surface area contributed by atoms with Gasteiger partial charge in [-0.1, -0.05) is 25.0 Å². The third kappa shape index (κ3) is 11.3. The molecule has 0 rings (SSSR count). The molecule has 5 heteroatoms. The van der Waals surface area contributed by atoms with Crippen LogP contribution in [0, 0.1) is 0 Å². The number of hydrogen-bond donors (Lipinski definition) is 0. The van der Waals surface area contributed by atoms with E-state index in [9.17, 15) is 0 Å². The normalized spacial score (nSPS) is 13.2. The maximum absolute atomic E-state index is 6.55. The molecule has 0 saturated carbocycles. The van der Waals surface area contributed by atoms with Gasteiger partial charge in [0.1, 0.15) is 0 Å². The minimum atomic E-state index is -2.02. The predicted octanol–water partition coefficient (Wildman–Crippen LogP) is 6.06. The van der Waals surface area contributed by atoms with Gasteiger partial charge in [-0.25, -0.2) is 0 Å². The maximum Gasteiger partial charge on any atom is 0.311 e. The zero-order valence-corrected chi connectivity index (χ0v) is 18.1. The van der Waals surface area contributed by atoms with Crippen molar-refractivity contribution in [1.82, 2.24) is 0 Å². The summed E-state index contributed by atoms with van der Waals surface area (Å²) in [5, 5.41) is 0. The minimum absolute atomic E-state index is 1.09. The Morgan fingerprint density at radius 2 is 1.05 bits per heavy atom. The van der Waals surface area contributed by atoms with Crippen molar-refractivity contribution in [2.24, 2.45) is 0 Å². The highest BCUT2D eigenvalue weighted by Crippen LogP contribution is 2.26. The van der Waals surface area contributed by atoms with Gasteiger partial charge in [0.2, 0.25) is 0 Å². The molecular weight excluding hydrogens is 308 g/mol. The van der Waals surface area contributed by atoms with Crippen molar-refractivity contribution in [2.45, 2.75) is 77.1 Å². The summed E-state index contributed by atoms with van der Waals surface area (Å²) < 4.78 is 13.1. The van der Waals surface area contributed by atoms with Gasteiger partial charge in [-0.15, -0.1) is 13.2 Å². The standard InChI is InChI=1S/C16H36O2Si3/c1-9-11-13-15-19(3,4)17-21(7,8)18-20(5,6)16-14-12-10-2/h9-10H,1-2,11-16H2,3-8H3. The first kappa shape index (κ1) is 21.1. The van der Waals surface area contributed by atoms with Crippen LogP contribution in [0.2, 0.25) is 51.4 Å². The largest absolute Gasteiger partial charge is 0.437 e. The zero-order chi connectivity index (χ0) is 16.6. The Kier molecular flexibility index (Phi) is 9.27. The number of hydrogen-bond acceptors (Lipinski definition) is 2. The zero-order valence-electron chi connectivity index (χ0n) is 15.1. The Morgan fingerprint density at radius 1 is 0.714 bits per heavy atom. The molecule has 0 amide bonds. The van der Waals surface area contributed by atoms with Crippen molar-refractivity contribution < 1.29 is 8.23 Å². The van der Waals surface area contributed by atoms with Crippen molar-refractivity contribution in [2.75, 3.05) is 0 Å². The van der Waals surface area contributed by atoms with Crippen molar-refractivity contribution in [1.29, 1.82) is 0 Å². The van der Waals surface area contributed by atoms with Gasteiger partial charge in [-0.05, 0) is 64.2 Å². The van der Waals surface area contributed by atoms with Crippen LogP contribution in [0.15, 0.2) is 25.3 Å². The van der Waals surface area contributed by atoms with Gasteiger partial charge in [0, 0.05) is 0 Å². The van der Waals surface area contributed by atoms with E-state index in [2.05, 4.69) is 52.4 Å². The summed E-state index contributed by atoms with van der Waals surface area (Å²) in [6, 6.07) is 2.38. The first-order chi connectivity index (χ1) is 9.54. The second-order valence-corrected chi connectivity index (χ2v) is 20.0. The highest BCUT2D eigenvalue weighted by atomic mass is 28.5. The molecule has 0 aliphatic heterocycles. The molecule has 0 saturated heterocycles. The van der Waals surface area contributed by atoms with Crippen LogP contribution in [-0.4, -0.2) is 25.2 Å². The molecule has 0 spiro atoms. The fourth-order valence-electron chi connectivity index (χ4n) is 2.80. The number of unbranched alkanes of at least 4 members (excludes halogenated alkanes) is 2. The lowest BCUT2D eigenvalue weighted by atomic mass is 10.3. The topological polar surface area (TPSA) is 18.5 Å². The van der Waals surface area contributed by atoms with E-state index in [1.165, 1.54) is 24.9 Å². The molecule has 0 aliphatic rings. The lowest BCUT2D eigenvalue weighted by molar-refractivity contribution is 0.387. The number of rotatable bonds is 12. The molecule has 0 aromatic heterocycles. The van der Waals surface area contributed by atoms with Crippen molar-refractivity contribution in [3.05, 3.63) is 25.3 Å². The molecule has 0 atom stereocenters. The second-order valence-electron chi connectivity index (χ2n) is 7.49. The quantitative estimate of drug-likeness (QED) is 0.243. The molecule has 0 heterocycles. The molecule has 2 nitrogen and oxygen atoms in total. The lowest BCUT2D eigenvalue weighted by Crippen LogP contribution is -2.52. The lowest BCUT2D eigenvalue weighted by Gasteiger charge is -2.38. The van der Waals surface area contributed by atoms with E-state index in [4.69, 9.17) is 8.23 Å². The summed E-state index contributed by atoms with van der Waals surface area (Å²) in [5.41, 5.74) is 0. The molecule has 0 aliphatic carbocycles. The maximum atomic E-state index is 6.55. The SMILES string of the molecule is C=CCCC[Si](C)(C)O[Si](C)(C)O[Si](C)(C)CCCC=C. The van der Waals surface area contributed by atoms with Gasteiger partial charge in [-0.2, -0.15) is 0 Å². The molecule has 0 aromatic carbocycles. The summed E-state index contributed by atoms with van der Waals surface area (Å²) in [6.07, 6.45) is 8.55. The van der Waals surface area contributed by atoms with E-state index < -0.39 is 25.2 Å². The summed E-state index contributed by atoms with van der Waals surface area (Å²) in [5.74, 6) is 0. The molecule has 0 aromatic rings. The molecule has 0 N–H and O–H groups in total. The Balaban J connectivity index is 4.44. The highest BCUT2D eigenvalue weighted by Gasteiger charge is 2.38. The summed E-state index contributed by atoms with van der Waals surface area (Å²) in [4.78, 5) is 0. The smallest absolute Gasteiger partial charge is 0.311 e. The fourth-order valence-corrected chi connectivity index (χ4v) is 16.9. The first-order valence-corrected chi connectivity index (χ1v) is 17.2. The predicted molar refractivity (Wildman–Crippen MR) is 103 cm³/mol. The molecule has 21 heavy (non-hydrogen) atoms. The minimum Gasteiger partial charge on any atom is -0.437 e. The summed E-state index contributed by atoms with van der Waals surface area (Å²) in [6.45, 7) is 21.3.